The largest absolute Gasteiger partial charge is 0.350 e. The molecule has 5 nitrogen and oxygen atoms in total. The third-order valence-corrected chi connectivity index (χ3v) is 3.48. The maximum atomic E-state index is 11.8. The number of hydrogen-bond donors (Lipinski definition) is 1. The van der Waals surface area contributed by atoms with E-state index in [1.54, 1.807) is 10.8 Å². The van der Waals surface area contributed by atoms with E-state index in [9.17, 15) is 4.79 Å². The molecule has 0 aliphatic heterocycles. The van der Waals surface area contributed by atoms with Gasteiger partial charge in [0.2, 0.25) is 5.91 Å². The number of aromatic nitrogens is 3. The van der Waals surface area contributed by atoms with Crippen molar-refractivity contribution in [1.82, 2.24) is 20.3 Å². The molecule has 1 aromatic carbocycles. The van der Waals surface area contributed by atoms with Crippen LogP contribution >= 0.6 is 0 Å². The van der Waals surface area contributed by atoms with E-state index in [1.165, 1.54) is 6.08 Å². The summed E-state index contributed by atoms with van der Waals surface area (Å²) in [6, 6.07) is 10.3. The zero-order valence-corrected chi connectivity index (χ0v) is 13.1. The van der Waals surface area contributed by atoms with Gasteiger partial charge in [-0.3, -0.25) is 4.79 Å². The van der Waals surface area contributed by atoms with Crippen LogP contribution < -0.4 is 5.32 Å². The van der Waals surface area contributed by atoms with Gasteiger partial charge in [0.1, 0.15) is 5.69 Å². The Morgan fingerprint density at radius 3 is 2.68 bits per heavy atom. The molecule has 0 aliphatic rings. The van der Waals surface area contributed by atoms with E-state index in [1.807, 2.05) is 36.5 Å². The highest BCUT2D eigenvalue weighted by molar-refractivity contribution is 5.91. The van der Waals surface area contributed by atoms with Crippen molar-refractivity contribution in [3.05, 3.63) is 53.9 Å². The highest BCUT2D eigenvalue weighted by Gasteiger charge is 2.05. The van der Waals surface area contributed by atoms with Crippen molar-refractivity contribution in [2.45, 2.75) is 39.3 Å². The van der Waals surface area contributed by atoms with Gasteiger partial charge in [-0.05, 0) is 24.5 Å². The number of rotatable bonds is 7. The number of nitrogens with one attached hydrogen (secondary N) is 1. The normalized spacial score (nSPS) is 11.2. The molecule has 0 unspecified atom stereocenters. The molecule has 5 heteroatoms. The third kappa shape index (κ3) is 4.84. The van der Waals surface area contributed by atoms with E-state index in [-0.39, 0.29) is 11.9 Å². The molecular weight excluding hydrogens is 276 g/mol. The molecule has 1 aromatic heterocycles. The number of hydrogen-bond acceptors (Lipinski definition) is 3. The summed E-state index contributed by atoms with van der Waals surface area (Å²) in [5.74, 6) is -0.0914. The van der Waals surface area contributed by atoms with Gasteiger partial charge in [0, 0.05) is 12.1 Å². The van der Waals surface area contributed by atoms with Crippen LogP contribution in [0.15, 0.2) is 42.6 Å². The Kier molecular flexibility index (Phi) is 5.89. The van der Waals surface area contributed by atoms with E-state index in [2.05, 4.69) is 29.5 Å². The van der Waals surface area contributed by atoms with Gasteiger partial charge < -0.3 is 5.32 Å². The lowest BCUT2D eigenvalue weighted by atomic mass is 10.2. The quantitative estimate of drug-likeness (QED) is 0.799. The molecule has 1 heterocycles. The van der Waals surface area contributed by atoms with Crippen LogP contribution in [0.25, 0.3) is 6.08 Å². The summed E-state index contributed by atoms with van der Waals surface area (Å²) >= 11 is 0. The predicted octanol–water partition coefficient (Wildman–Crippen LogP) is 2.64. The molecule has 1 amide bonds. The summed E-state index contributed by atoms with van der Waals surface area (Å²) in [6.45, 7) is 4.79. The Bertz CT molecular complexity index is 615. The Morgan fingerprint density at radius 1 is 1.27 bits per heavy atom. The highest BCUT2D eigenvalue weighted by Crippen LogP contribution is 2.03. The molecule has 0 radical (unpaired) electrons. The van der Waals surface area contributed by atoms with Gasteiger partial charge in [-0.25, -0.2) is 4.68 Å². The summed E-state index contributed by atoms with van der Waals surface area (Å²) in [7, 11) is 0. The number of amides is 1. The smallest absolute Gasteiger partial charge is 0.244 e. The average molecular weight is 298 g/mol. The number of benzene rings is 1. The minimum absolute atomic E-state index is 0.0914. The zero-order chi connectivity index (χ0) is 15.8. The molecule has 0 spiro atoms. The molecule has 0 aliphatic carbocycles. The molecule has 0 saturated heterocycles. The fraction of sp³-hybridized carbons (Fsp3) is 0.353. The minimum atomic E-state index is -0.0914. The van der Waals surface area contributed by atoms with Crippen molar-refractivity contribution >= 4 is 12.0 Å². The van der Waals surface area contributed by atoms with Crippen LogP contribution in [0, 0.1) is 0 Å². The first-order valence-electron chi connectivity index (χ1n) is 7.64. The van der Waals surface area contributed by atoms with E-state index in [0.29, 0.717) is 12.2 Å². The average Bonchev–Trinajstić information content (AvgIpc) is 2.99. The van der Waals surface area contributed by atoms with Crippen LogP contribution in [-0.2, 0) is 11.3 Å². The van der Waals surface area contributed by atoms with Gasteiger partial charge in [-0.2, -0.15) is 0 Å². The number of carbonyl (C=O) groups is 1. The second-order valence-corrected chi connectivity index (χ2v) is 5.18. The second-order valence-electron chi connectivity index (χ2n) is 5.18. The van der Waals surface area contributed by atoms with Crippen molar-refractivity contribution in [3.63, 3.8) is 0 Å². The zero-order valence-electron chi connectivity index (χ0n) is 13.1. The summed E-state index contributed by atoms with van der Waals surface area (Å²) in [5.41, 5.74) is 1.84. The van der Waals surface area contributed by atoms with Gasteiger partial charge in [0.25, 0.3) is 0 Å². The summed E-state index contributed by atoms with van der Waals surface area (Å²) in [4.78, 5) is 11.8. The molecule has 2 rings (SSSR count). The first-order valence-corrected chi connectivity index (χ1v) is 7.64. The van der Waals surface area contributed by atoms with Crippen molar-refractivity contribution in [2.24, 2.45) is 0 Å². The third-order valence-electron chi connectivity index (χ3n) is 3.48. The lowest BCUT2D eigenvalue weighted by Gasteiger charge is -2.12. The van der Waals surface area contributed by atoms with Crippen molar-refractivity contribution in [1.29, 1.82) is 0 Å². The van der Waals surface area contributed by atoms with E-state index >= 15 is 0 Å². The molecule has 116 valence electrons. The van der Waals surface area contributed by atoms with E-state index < -0.39 is 0 Å². The highest BCUT2D eigenvalue weighted by atomic mass is 16.1. The molecule has 0 fully saturated rings. The van der Waals surface area contributed by atoms with Gasteiger partial charge in [0.15, 0.2) is 0 Å². The van der Waals surface area contributed by atoms with Gasteiger partial charge in [-0.15, -0.1) is 5.10 Å². The van der Waals surface area contributed by atoms with Gasteiger partial charge in [0.05, 0.1) is 12.7 Å². The predicted molar refractivity (Wildman–Crippen MR) is 87.1 cm³/mol. The second kappa shape index (κ2) is 8.12. The fourth-order valence-electron chi connectivity index (χ4n) is 2.14. The maximum Gasteiger partial charge on any atom is 0.244 e. The van der Waals surface area contributed by atoms with Crippen LogP contribution in [0.4, 0.5) is 0 Å². The Morgan fingerprint density at radius 2 is 2.00 bits per heavy atom. The molecule has 0 saturated carbocycles. The number of nitrogens with zero attached hydrogens (tertiary/aromatic N) is 3. The van der Waals surface area contributed by atoms with E-state index in [0.717, 1.165) is 18.4 Å². The van der Waals surface area contributed by atoms with Crippen molar-refractivity contribution in [2.75, 3.05) is 0 Å². The number of carbonyl (C=O) groups excluding carboxylic acids is 1. The Labute approximate surface area is 131 Å². The SMILES string of the molecule is CCC(CC)NC(=O)C=Cc1cn(Cc2ccccc2)nn1. The first-order chi connectivity index (χ1) is 10.7. The van der Waals surface area contributed by atoms with Gasteiger partial charge in [-0.1, -0.05) is 49.4 Å². The van der Waals surface area contributed by atoms with Crippen LogP contribution in [0.3, 0.4) is 0 Å². The molecule has 1 N–H and O–H groups in total. The van der Waals surface area contributed by atoms with Crippen LogP contribution in [-0.4, -0.2) is 26.9 Å². The molecule has 2 aromatic rings. The molecular formula is C17H22N4O. The van der Waals surface area contributed by atoms with Crippen LogP contribution in [0.1, 0.15) is 37.9 Å². The first kappa shape index (κ1) is 15.9. The lowest BCUT2D eigenvalue weighted by molar-refractivity contribution is -0.117. The molecule has 0 bridgehead atoms. The Balaban J connectivity index is 1.91. The van der Waals surface area contributed by atoms with Crippen molar-refractivity contribution in [3.8, 4) is 0 Å². The standard InChI is InChI=1S/C17H22N4O/c1-3-15(4-2)18-17(22)11-10-16-13-21(20-19-16)12-14-8-6-5-7-9-14/h5-11,13,15H,3-4,12H2,1-2H3,(H,18,22). The van der Waals surface area contributed by atoms with Crippen LogP contribution in [0.2, 0.25) is 0 Å². The topological polar surface area (TPSA) is 59.8 Å². The molecule has 0 atom stereocenters. The Hall–Kier alpha value is -2.43. The monoisotopic (exact) mass is 298 g/mol. The summed E-state index contributed by atoms with van der Waals surface area (Å²) in [6.07, 6.45) is 6.89. The fourth-order valence-corrected chi connectivity index (χ4v) is 2.14. The summed E-state index contributed by atoms with van der Waals surface area (Å²) in [5, 5.41) is 11.1. The van der Waals surface area contributed by atoms with E-state index in [4.69, 9.17) is 0 Å². The van der Waals surface area contributed by atoms with Crippen molar-refractivity contribution < 1.29 is 4.79 Å². The molecule has 22 heavy (non-hydrogen) atoms. The summed E-state index contributed by atoms with van der Waals surface area (Å²) < 4.78 is 1.76. The van der Waals surface area contributed by atoms with Crippen LogP contribution in [0.5, 0.6) is 0 Å². The van der Waals surface area contributed by atoms with Gasteiger partial charge >= 0.3 is 0 Å². The minimum Gasteiger partial charge on any atom is -0.350 e. The maximum absolute atomic E-state index is 11.8. The lowest BCUT2D eigenvalue weighted by Crippen LogP contribution is -2.32.